The summed E-state index contributed by atoms with van der Waals surface area (Å²) in [6, 6.07) is 5.88. The minimum Gasteiger partial charge on any atom is -0.489 e. The number of amides is 1. The summed E-state index contributed by atoms with van der Waals surface area (Å²) in [7, 11) is 0. The smallest absolute Gasteiger partial charge is 0.278 e. The molecule has 0 aliphatic heterocycles. The molecule has 0 spiro atoms. The van der Waals surface area contributed by atoms with Gasteiger partial charge < -0.3 is 14.6 Å². The van der Waals surface area contributed by atoms with Crippen LogP contribution in [0.15, 0.2) is 35.1 Å². The van der Waals surface area contributed by atoms with Gasteiger partial charge in [-0.25, -0.2) is 0 Å². The van der Waals surface area contributed by atoms with Crippen LogP contribution in [0.4, 0.5) is 5.69 Å². The fourth-order valence-electron chi connectivity index (χ4n) is 2.49. The highest BCUT2D eigenvalue weighted by Gasteiger charge is 2.21. The van der Waals surface area contributed by atoms with Crippen molar-refractivity contribution >= 4 is 11.6 Å². The van der Waals surface area contributed by atoms with Crippen molar-refractivity contribution in [2.75, 3.05) is 5.32 Å². The Morgan fingerprint density at radius 3 is 2.77 bits per heavy atom. The molecular weight excluding hydrogens is 332 g/mol. The Labute approximate surface area is 151 Å². The fraction of sp³-hybridized carbons (Fsp3) is 0.316. The average Bonchev–Trinajstić information content (AvgIpc) is 3.22. The van der Waals surface area contributed by atoms with Gasteiger partial charge in [0.2, 0.25) is 0 Å². The molecule has 0 radical (unpaired) electrons. The predicted molar refractivity (Wildman–Crippen MR) is 97.3 cm³/mol. The molecule has 0 bridgehead atoms. The number of ether oxygens (including phenoxy) is 1. The molecule has 1 amide bonds. The first kappa shape index (κ1) is 17.7. The first-order valence-electron chi connectivity index (χ1n) is 8.47. The number of carbonyl (C=O) groups is 1. The lowest BCUT2D eigenvalue weighted by atomic mass is 10.1. The van der Waals surface area contributed by atoms with Crippen LogP contribution in [0.1, 0.15) is 39.9 Å². The van der Waals surface area contributed by atoms with Gasteiger partial charge in [-0.05, 0) is 51.0 Å². The topological polar surface area (TPSA) is 82.2 Å². The van der Waals surface area contributed by atoms with Crippen molar-refractivity contribution in [3.63, 3.8) is 0 Å². The molecule has 0 aliphatic carbocycles. The average molecular weight is 354 g/mol. The summed E-state index contributed by atoms with van der Waals surface area (Å²) in [5.74, 6) is 0.948. The lowest BCUT2D eigenvalue weighted by Gasteiger charge is -2.08. The van der Waals surface area contributed by atoms with Crippen LogP contribution in [0, 0.1) is 20.8 Å². The third-order valence-electron chi connectivity index (χ3n) is 4.28. The van der Waals surface area contributed by atoms with Gasteiger partial charge >= 0.3 is 0 Å². The van der Waals surface area contributed by atoms with E-state index in [9.17, 15) is 4.79 Å². The number of rotatable bonds is 6. The number of nitrogens with zero attached hydrogens (tertiary/aromatic N) is 3. The highest BCUT2D eigenvalue weighted by atomic mass is 16.5. The van der Waals surface area contributed by atoms with Crippen LogP contribution in [0.25, 0.3) is 0 Å². The maximum Gasteiger partial charge on any atom is 0.278 e. The zero-order chi connectivity index (χ0) is 18.7. The van der Waals surface area contributed by atoms with Crippen LogP contribution < -0.4 is 10.1 Å². The molecule has 2 heterocycles. The lowest BCUT2D eigenvalue weighted by Crippen LogP contribution is -2.15. The minimum absolute atomic E-state index is 0.203. The van der Waals surface area contributed by atoms with E-state index in [1.54, 1.807) is 24.0 Å². The van der Waals surface area contributed by atoms with Gasteiger partial charge in [0, 0.05) is 12.7 Å². The summed E-state index contributed by atoms with van der Waals surface area (Å²) in [5.41, 5.74) is 3.80. The molecule has 1 aromatic carbocycles. The number of aryl methyl sites for hydroxylation is 4. The van der Waals surface area contributed by atoms with Crippen LogP contribution in [0.5, 0.6) is 5.75 Å². The zero-order valence-corrected chi connectivity index (χ0v) is 15.4. The Balaban J connectivity index is 1.73. The van der Waals surface area contributed by atoms with E-state index in [-0.39, 0.29) is 18.2 Å². The molecule has 0 atom stereocenters. The second-order valence-electron chi connectivity index (χ2n) is 6.14. The van der Waals surface area contributed by atoms with E-state index in [2.05, 4.69) is 15.6 Å². The van der Waals surface area contributed by atoms with Gasteiger partial charge in [0.15, 0.2) is 5.69 Å². The SMILES string of the molecule is CCn1cc(NC(=O)c2noc(C)c2COc2ccc(C)c(C)c2)cn1. The molecule has 0 saturated heterocycles. The molecule has 3 rings (SSSR count). The molecule has 0 unspecified atom stereocenters. The Morgan fingerprint density at radius 2 is 2.08 bits per heavy atom. The van der Waals surface area contributed by atoms with E-state index in [0.29, 0.717) is 17.0 Å². The van der Waals surface area contributed by atoms with Crippen LogP contribution in [-0.2, 0) is 13.2 Å². The van der Waals surface area contributed by atoms with Crippen molar-refractivity contribution in [3.8, 4) is 5.75 Å². The van der Waals surface area contributed by atoms with Gasteiger partial charge in [0.25, 0.3) is 5.91 Å². The number of aromatic nitrogens is 3. The normalized spacial score (nSPS) is 10.8. The number of benzene rings is 1. The van der Waals surface area contributed by atoms with E-state index in [0.717, 1.165) is 17.9 Å². The van der Waals surface area contributed by atoms with Gasteiger partial charge in [-0.2, -0.15) is 5.10 Å². The first-order chi connectivity index (χ1) is 12.5. The second-order valence-corrected chi connectivity index (χ2v) is 6.14. The fourth-order valence-corrected chi connectivity index (χ4v) is 2.49. The van der Waals surface area contributed by atoms with E-state index < -0.39 is 0 Å². The Kier molecular flexibility index (Phi) is 5.06. The van der Waals surface area contributed by atoms with Crippen molar-refractivity contribution in [1.29, 1.82) is 0 Å². The lowest BCUT2D eigenvalue weighted by molar-refractivity contribution is 0.101. The highest BCUT2D eigenvalue weighted by Crippen LogP contribution is 2.21. The van der Waals surface area contributed by atoms with Crippen molar-refractivity contribution in [3.05, 3.63) is 58.7 Å². The van der Waals surface area contributed by atoms with E-state index in [1.807, 2.05) is 39.0 Å². The van der Waals surface area contributed by atoms with Gasteiger partial charge in [-0.15, -0.1) is 0 Å². The van der Waals surface area contributed by atoms with Crippen LogP contribution in [0.3, 0.4) is 0 Å². The van der Waals surface area contributed by atoms with Gasteiger partial charge in [-0.3, -0.25) is 9.48 Å². The molecular formula is C19H22N4O3. The minimum atomic E-state index is -0.351. The predicted octanol–water partition coefficient (Wildman–Crippen LogP) is 3.65. The van der Waals surface area contributed by atoms with E-state index in [1.165, 1.54) is 5.56 Å². The monoisotopic (exact) mass is 354 g/mol. The van der Waals surface area contributed by atoms with Crippen molar-refractivity contribution < 1.29 is 14.1 Å². The third kappa shape index (κ3) is 3.77. The number of hydrogen-bond acceptors (Lipinski definition) is 5. The first-order valence-corrected chi connectivity index (χ1v) is 8.47. The molecule has 1 N–H and O–H groups in total. The number of nitrogens with one attached hydrogen (secondary N) is 1. The molecule has 2 aromatic heterocycles. The molecule has 3 aromatic rings. The Bertz CT molecular complexity index is 927. The molecule has 7 heteroatoms. The van der Waals surface area contributed by atoms with Crippen LogP contribution in [0.2, 0.25) is 0 Å². The van der Waals surface area contributed by atoms with Gasteiger partial charge in [-0.1, -0.05) is 11.2 Å². The molecule has 0 saturated carbocycles. The molecule has 0 aliphatic rings. The number of hydrogen-bond donors (Lipinski definition) is 1. The standard InChI is InChI=1S/C19H22N4O3/c1-5-23-10-15(9-20-23)21-19(24)18-17(14(4)26-22-18)11-25-16-7-6-12(2)13(3)8-16/h6-10H,5,11H2,1-4H3,(H,21,24). The summed E-state index contributed by atoms with van der Waals surface area (Å²) in [6.07, 6.45) is 3.36. The van der Waals surface area contributed by atoms with Crippen LogP contribution >= 0.6 is 0 Å². The van der Waals surface area contributed by atoms with Crippen molar-refractivity contribution in [2.24, 2.45) is 0 Å². The summed E-state index contributed by atoms with van der Waals surface area (Å²) in [5, 5.41) is 10.8. The molecule has 7 nitrogen and oxygen atoms in total. The maximum absolute atomic E-state index is 12.5. The Hall–Kier alpha value is -3.09. The van der Waals surface area contributed by atoms with Crippen molar-refractivity contribution in [1.82, 2.24) is 14.9 Å². The number of anilines is 1. The highest BCUT2D eigenvalue weighted by molar-refractivity contribution is 6.03. The van der Waals surface area contributed by atoms with Gasteiger partial charge in [0.1, 0.15) is 18.1 Å². The summed E-state index contributed by atoms with van der Waals surface area (Å²) in [6.45, 7) is 8.75. The van der Waals surface area contributed by atoms with Gasteiger partial charge in [0.05, 0.1) is 17.4 Å². The summed E-state index contributed by atoms with van der Waals surface area (Å²) >= 11 is 0. The summed E-state index contributed by atoms with van der Waals surface area (Å²) in [4.78, 5) is 12.5. The van der Waals surface area contributed by atoms with Crippen LogP contribution in [-0.4, -0.2) is 20.8 Å². The van der Waals surface area contributed by atoms with E-state index >= 15 is 0 Å². The Morgan fingerprint density at radius 1 is 1.27 bits per heavy atom. The van der Waals surface area contributed by atoms with Crippen molar-refractivity contribution in [2.45, 2.75) is 40.8 Å². The summed E-state index contributed by atoms with van der Waals surface area (Å²) < 4.78 is 12.8. The third-order valence-corrected chi connectivity index (χ3v) is 4.28. The quantitative estimate of drug-likeness (QED) is 0.731. The molecule has 136 valence electrons. The second kappa shape index (κ2) is 7.43. The molecule has 26 heavy (non-hydrogen) atoms. The largest absolute Gasteiger partial charge is 0.489 e. The number of carbonyl (C=O) groups excluding carboxylic acids is 1. The molecule has 0 fully saturated rings. The van der Waals surface area contributed by atoms with E-state index in [4.69, 9.17) is 9.26 Å². The zero-order valence-electron chi connectivity index (χ0n) is 15.4. The maximum atomic E-state index is 12.5.